The molecule has 1 saturated carbocycles. The number of nitrogens with one attached hydrogen (secondary N) is 1. The zero-order valence-corrected chi connectivity index (χ0v) is 12.8. The van der Waals surface area contributed by atoms with Crippen LogP contribution in [0.2, 0.25) is 0 Å². The van der Waals surface area contributed by atoms with E-state index >= 15 is 0 Å². The fourth-order valence-corrected chi connectivity index (χ4v) is 3.45. The second-order valence-corrected chi connectivity index (χ2v) is 5.78. The molecule has 0 amide bonds. The van der Waals surface area contributed by atoms with Gasteiger partial charge in [0.2, 0.25) is 0 Å². The number of rotatable bonds is 5. The summed E-state index contributed by atoms with van der Waals surface area (Å²) in [5.41, 5.74) is 4.19. The third kappa shape index (κ3) is 3.11. The highest BCUT2D eigenvalue weighted by Crippen LogP contribution is 2.41. The van der Waals surface area contributed by atoms with Crippen molar-refractivity contribution in [3.8, 4) is 5.75 Å². The summed E-state index contributed by atoms with van der Waals surface area (Å²) in [6.45, 7) is 8.79. The summed E-state index contributed by atoms with van der Waals surface area (Å²) in [5, 5.41) is 3.52. The lowest BCUT2D eigenvalue weighted by Gasteiger charge is -2.23. The Kier molecular flexibility index (Phi) is 4.87. The van der Waals surface area contributed by atoms with Crippen LogP contribution in [0.15, 0.2) is 12.1 Å². The Morgan fingerprint density at radius 3 is 2.68 bits per heavy atom. The molecule has 2 unspecified atom stereocenters. The smallest absolute Gasteiger partial charge is 0.122 e. The Morgan fingerprint density at radius 2 is 2.00 bits per heavy atom. The van der Waals surface area contributed by atoms with Gasteiger partial charge in [0.1, 0.15) is 5.75 Å². The minimum atomic E-state index is 0.726. The zero-order chi connectivity index (χ0) is 13.8. The molecule has 1 aromatic rings. The van der Waals surface area contributed by atoms with E-state index < -0.39 is 0 Å². The Hall–Kier alpha value is -1.02. The molecule has 0 heterocycles. The molecule has 0 bridgehead atoms. The van der Waals surface area contributed by atoms with E-state index in [1.807, 2.05) is 0 Å². The van der Waals surface area contributed by atoms with Gasteiger partial charge >= 0.3 is 0 Å². The quantitative estimate of drug-likeness (QED) is 0.870. The summed E-state index contributed by atoms with van der Waals surface area (Å²) in [7, 11) is 1.75. The van der Waals surface area contributed by atoms with E-state index in [0.29, 0.717) is 0 Å². The molecular weight excluding hydrogens is 234 g/mol. The maximum atomic E-state index is 5.42. The number of benzene rings is 1. The molecule has 106 valence electrons. The van der Waals surface area contributed by atoms with Crippen molar-refractivity contribution in [3.05, 3.63) is 28.8 Å². The molecule has 1 aliphatic carbocycles. The van der Waals surface area contributed by atoms with Crippen LogP contribution in [0.5, 0.6) is 5.75 Å². The summed E-state index contributed by atoms with van der Waals surface area (Å²) < 4.78 is 5.42. The first-order chi connectivity index (χ1) is 9.17. The van der Waals surface area contributed by atoms with Crippen molar-refractivity contribution >= 4 is 0 Å². The van der Waals surface area contributed by atoms with Gasteiger partial charge in [0.05, 0.1) is 7.11 Å². The van der Waals surface area contributed by atoms with Crippen molar-refractivity contribution in [3.63, 3.8) is 0 Å². The van der Waals surface area contributed by atoms with Gasteiger partial charge in [0, 0.05) is 0 Å². The summed E-state index contributed by atoms with van der Waals surface area (Å²) in [5.74, 6) is 2.54. The predicted octanol–water partition coefficient (Wildman–Crippen LogP) is 3.81. The molecule has 0 radical (unpaired) electrons. The van der Waals surface area contributed by atoms with Gasteiger partial charge in [-0.15, -0.1) is 0 Å². The van der Waals surface area contributed by atoms with Crippen molar-refractivity contribution in [2.24, 2.45) is 5.92 Å². The standard InChI is InChI=1S/C17H27NO/c1-5-18-11-14-7-6-8-15(14)16-9-13(3)17(19-4)10-12(16)2/h9-10,14-15,18H,5-8,11H2,1-4H3. The van der Waals surface area contributed by atoms with Crippen molar-refractivity contribution in [1.82, 2.24) is 5.32 Å². The highest BCUT2D eigenvalue weighted by molar-refractivity contribution is 5.43. The molecule has 2 atom stereocenters. The third-order valence-corrected chi connectivity index (χ3v) is 4.50. The normalized spacial score (nSPS) is 22.7. The first kappa shape index (κ1) is 14.4. The van der Waals surface area contributed by atoms with E-state index in [9.17, 15) is 0 Å². The average molecular weight is 261 g/mol. The van der Waals surface area contributed by atoms with Gasteiger partial charge in [-0.05, 0) is 74.4 Å². The number of methoxy groups -OCH3 is 1. The lowest BCUT2D eigenvalue weighted by atomic mass is 9.85. The fourth-order valence-electron chi connectivity index (χ4n) is 3.45. The van der Waals surface area contributed by atoms with Crippen LogP contribution in [0.1, 0.15) is 48.8 Å². The molecule has 1 aromatic carbocycles. The first-order valence-electron chi connectivity index (χ1n) is 7.53. The van der Waals surface area contributed by atoms with Crippen LogP contribution < -0.4 is 10.1 Å². The number of hydrogen-bond donors (Lipinski definition) is 1. The summed E-state index contributed by atoms with van der Waals surface area (Å²) in [6, 6.07) is 4.55. The van der Waals surface area contributed by atoms with Gasteiger partial charge in [-0.1, -0.05) is 19.4 Å². The summed E-state index contributed by atoms with van der Waals surface area (Å²) >= 11 is 0. The molecule has 1 aliphatic rings. The topological polar surface area (TPSA) is 21.3 Å². The highest BCUT2D eigenvalue weighted by Gasteiger charge is 2.29. The van der Waals surface area contributed by atoms with Crippen LogP contribution in [0.3, 0.4) is 0 Å². The zero-order valence-electron chi connectivity index (χ0n) is 12.8. The molecule has 0 aliphatic heterocycles. The summed E-state index contributed by atoms with van der Waals surface area (Å²) in [6.07, 6.45) is 4.07. The van der Waals surface area contributed by atoms with E-state index in [4.69, 9.17) is 4.74 Å². The van der Waals surface area contributed by atoms with Crippen LogP contribution >= 0.6 is 0 Å². The maximum Gasteiger partial charge on any atom is 0.122 e. The third-order valence-electron chi connectivity index (χ3n) is 4.50. The van der Waals surface area contributed by atoms with Crippen molar-refractivity contribution in [2.75, 3.05) is 20.2 Å². The van der Waals surface area contributed by atoms with E-state index in [0.717, 1.165) is 30.7 Å². The number of aryl methyl sites for hydroxylation is 2. The Labute approximate surface area is 117 Å². The van der Waals surface area contributed by atoms with Gasteiger partial charge in [-0.2, -0.15) is 0 Å². The first-order valence-corrected chi connectivity index (χ1v) is 7.53. The number of hydrogen-bond acceptors (Lipinski definition) is 2. The van der Waals surface area contributed by atoms with Crippen LogP contribution in [-0.2, 0) is 0 Å². The van der Waals surface area contributed by atoms with Gasteiger partial charge in [0.25, 0.3) is 0 Å². The minimum Gasteiger partial charge on any atom is -0.496 e. The molecule has 2 heteroatoms. The van der Waals surface area contributed by atoms with Crippen LogP contribution in [-0.4, -0.2) is 20.2 Å². The molecule has 0 saturated heterocycles. The molecule has 1 fully saturated rings. The van der Waals surface area contributed by atoms with Crippen molar-refractivity contribution < 1.29 is 4.74 Å². The van der Waals surface area contributed by atoms with Crippen LogP contribution in [0.25, 0.3) is 0 Å². The summed E-state index contributed by atoms with van der Waals surface area (Å²) in [4.78, 5) is 0. The van der Waals surface area contributed by atoms with Gasteiger partial charge in [-0.3, -0.25) is 0 Å². The lowest BCUT2D eigenvalue weighted by Crippen LogP contribution is -2.24. The largest absolute Gasteiger partial charge is 0.496 e. The monoisotopic (exact) mass is 261 g/mol. The van der Waals surface area contributed by atoms with E-state index in [-0.39, 0.29) is 0 Å². The molecule has 0 spiro atoms. The van der Waals surface area contributed by atoms with Crippen molar-refractivity contribution in [2.45, 2.75) is 46.0 Å². The fraction of sp³-hybridized carbons (Fsp3) is 0.647. The Bertz CT molecular complexity index is 428. The second kappa shape index (κ2) is 6.42. The molecule has 0 aromatic heterocycles. The van der Waals surface area contributed by atoms with Crippen LogP contribution in [0, 0.1) is 19.8 Å². The second-order valence-electron chi connectivity index (χ2n) is 5.78. The van der Waals surface area contributed by atoms with E-state index in [2.05, 4.69) is 38.2 Å². The molecule has 2 nitrogen and oxygen atoms in total. The maximum absolute atomic E-state index is 5.42. The average Bonchev–Trinajstić information content (AvgIpc) is 2.86. The minimum absolute atomic E-state index is 0.726. The highest BCUT2D eigenvalue weighted by atomic mass is 16.5. The molecule has 2 rings (SSSR count). The van der Waals surface area contributed by atoms with Crippen LogP contribution in [0.4, 0.5) is 0 Å². The molecule has 1 N–H and O–H groups in total. The number of ether oxygens (including phenoxy) is 1. The van der Waals surface area contributed by atoms with Gasteiger partial charge in [-0.25, -0.2) is 0 Å². The predicted molar refractivity (Wildman–Crippen MR) is 81.1 cm³/mol. The lowest BCUT2D eigenvalue weighted by molar-refractivity contribution is 0.409. The SMILES string of the molecule is CCNCC1CCCC1c1cc(C)c(OC)cc1C. The van der Waals surface area contributed by atoms with Crippen molar-refractivity contribution in [1.29, 1.82) is 0 Å². The Balaban J connectivity index is 2.22. The van der Waals surface area contributed by atoms with E-state index in [1.54, 1.807) is 12.7 Å². The molecular formula is C17H27NO. The molecule has 19 heavy (non-hydrogen) atoms. The van der Waals surface area contributed by atoms with Gasteiger partial charge in [0.15, 0.2) is 0 Å². The van der Waals surface area contributed by atoms with Gasteiger partial charge < -0.3 is 10.1 Å². The van der Waals surface area contributed by atoms with E-state index in [1.165, 1.54) is 30.4 Å². The Morgan fingerprint density at radius 1 is 1.21 bits per heavy atom.